The zero-order chi connectivity index (χ0) is 17.6. The highest BCUT2D eigenvalue weighted by Gasteiger charge is 2.24. The van der Waals surface area contributed by atoms with Crippen molar-refractivity contribution in [3.63, 3.8) is 0 Å². The molecule has 2 rings (SSSR count). The summed E-state index contributed by atoms with van der Waals surface area (Å²) >= 11 is 0. The Morgan fingerprint density at radius 1 is 1.46 bits per heavy atom. The van der Waals surface area contributed by atoms with Gasteiger partial charge in [-0.05, 0) is 31.2 Å². The van der Waals surface area contributed by atoms with E-state index in [4.69, 9.17) is 4.74 Å². The van der Waals surface area contributed by atoms with Gasteiger partial charge < -0.3 is 15.0 Å². The number of methoxy groups -OCH3 is 1. The molecule has 0 aliphatic carbocycles. The van der Waals surface area contributed by atoms with Gasteiger partial charge in [-0.25, -0.2) is 13.1 Å². The SMILES string of the molecule is CN=C(NCc1cccc(S(=O)(=O)NC)c1)N1CCC(COC)C1. The molecule has 1 aromatic rings. The molecule has 0 saturated carbocycles. The van der Waals surface area contributed by atoms with Gasteiger partial charge in [0.1, 0.15) is 0 Å². The van der Waals surface area contributed by atoms with Gasteiger partial charge in [-0.3, -0.25) is 4.99 Å². The Morgan fingerprint density at radius 2 is 2.25 bits per heavy atom. The molecule has 1 atom stereocenters. The van der Waals surface area contributed by atoms with E-state index in [0.717, 1.165) is 37.6 Å². The summed E-state index contributed by atoms with van der Waals surface area (Å²) in [4.78, 5) is 6.80. The molecule has 1 fully saturated rings. The predicted molar refractivity (Wildman–Crippen MR) is 94.4 cm³/mol. The molecule has 1 aliphatic heterocycles. The molecule has 1 saturated heterocycles. The van der Waals surface area contributed by atoms with Crippen LogP contribution in [0.4, 0.5) is 0 Å². The third kappa shape index (κ3) is 4.68. The van der Waals surface area contributed by atoms with Crippen molar-refractivity contribution in [2.75, 3.05) is 40.9 Å². The lowest BCUT2D eigenvalue weighted by atomic mass is 10.1. The van der Waals surface area contributed by atoms with E-state index < -0.39 is 10.0 Å². The number of sulfonamides is 1. The van der Waals surface area contributed by atoms with Crippen molar-refractivity contribution in [2.24, 2.45) is 10.9 Å². The van der Waals surface area contributed by atoms with Crippen molar-refractivity contribution >= 4 is 16.0 Å². The van der Waals surface area contributed by atoms with Crippen molar-refractivity contribution in [2.45, 2.75) is 17.9 Å². The number of guanidine groups is 1. The van der Waals surface area contributed by atoms with Crippen molar-refractivity contribution in [1.29, 1.82) is 0 Å². The summed E-state index contributed by atoms with van der Waals surface area (Å²) in [5.74, 6) is 1.35. The molecule has 7 nitrogen and oxygen atoms in total. The number of ether oxygens (including phenoxy) is 1. The largest absolute Gasteiger partial charge is 0.384 e. The average molecular weight is 354 g/mol. The average Bonchev–Trinajstić information content (AvgIpc) is 3.04. The number of nitrogens with zero attached hydrogens (tertiary/aromatic N) is 2. The highest BCUT2D eigenvalue weighted by atomic mass is 32.2. The number of benzene rings is 1. The smallest absolute Gasteiger partial charge is 0.240 e. The molecule has 24 heavy (non-hydrogen) atoms. The molecule has 1 unspecified atom stereocenters. The van der Waals surface area contributed by atoms with Crippen LogP contribution < -0.4 is 10.0 Å². The van der Waals surface area contributed by atoms with E-state index in [1.165, 1.54) is 7.05 Å². The Kier molecular flexibility index (Phi) is 6.59. The van der Waals surface area contributed by atoms with Crippen LogP contribution in [-0.4, -0.2) is 60.2 Å². The van der Waals surface area contributed by atoms with Crippen molar-refractivity contribution in [1.82, 2.24) is 14.9 Å². The van der Waals surface area contributed by atoms with Crippen LogP contribution in [0.2, 0.25) is 0 Å². The van der Waals surface area contributed by atoms with Gasteiger partial charge in [0.15, 0.2) is 5.96 Å². The number of rotatable bonds is 6. The molecule has 1 aliphatic rings. The van der Waals surface area contributed by atoms with Gasteiger partial charge in [-0.1, -0.05) is 12.1 Å². The second kappa shape index (κ2) is 8.46. The zero-order valence-electron chi connectivity index (χ0n) is 14.4. The van der Waals surface area contributed by atoms with Crippen LogP contribution in [0, 0.1) is 5.92 Å². The number of hydrogen-bond acceptors (Lipinski definition) is 4. The molecular formula is C16H26N4O3S. The van der Waals surface area contributed by atoms with Gasteiger partial charge in [0.2, 0.25) is 10.0 Å². The first-order valence-corrected chi connectivity index (χ1v) is 9.45. The van der Waals surface area contributed by atoms with E-state index in [-0.39, 0.29) is 4.90 Å². The topological polar surface area (TPSA) is 83.0 Å². The van der Waals surface area contributed by atoms with Crippen LogP contribution in [0.1, 0.15) is 12.0 Å². The second-order valence-electron chi connectivity index (χ2n) is 5.81. The maximum Gasteiger partial charge on any atom is 0.240 e. The van der Waals surface area contributed by atoms with E-state index >= 15 is 0 Å². The Balaban J connectivity index is 1.98. The quantitative estimate of drug-likeness (QED) is 0.579. The van der Waals surface area contributed by atoms with Gasteiger partial charge in [0.05, 0.1) is 11.5 Å². The molecular weight excluding hydrogens is 328 g/mol. The minimum atomic E-state index is -3.43. The first-order chi connectivity index (χ1) is 11.5. The molecule has 0 bridgehead atoms. The number of aliphatic imine (C=N–C) groups is 1. The third-order valence-electron chi connectivity index (χ3n) is 4.13. The minimum absolute atomic E-state index is 0.264. The lowest BCUT2D eigenvalue weighted by Gasteiger charge is -2.21. The number of nitrogens with one attached hydrogen (secondary N) is 2. The van der Waals surface area contributed by atoms with Crippen LogP contribution in [0.25, 0.3) is 0 Å². The summed E-state index contributed by atoms with van der Waals surface area (Å²) < 4.78 is 31.3. The summed E-state index contributed by atoms with van der Waals surface area (Å²) in [6.07, 6.45) is 1.09. The first kappa shape index (κ1) is 18.7. The maximum absolute atomic E-state index is 11.9. The number of likely N-dealkylation sites (tertiary alicyclic amines) is 1. The summed E-state index contributed by atoms with van der Waals surface area (Å²) in [7, 11) is 1.46. The Morgan fingerprint density at radius 3 is 2.92 bits per heavy atom. The zero-order valence-corrected chi connectivity index (χ0v) is 15.3. The molecule has 0 aromatic heterocycles. The molecule has 0 amide bonds. The van der Waals surface area contributed by atoms with E-state index in [9.17, 15) is 8.42 Å². The lowest BCUT2D eigenvalue weighted by molar-refractivity contribution is 0.157. The summed E-state index contributed by atoms with van der Waals surface area (Å²) in [5.41, 5.74) is 0.889. The molecule has 1 aromatic carbocycles. The minimum Gasteiger partial charge on any atom is -0.384 e. The summed E-state index contributed by atoms with van der Waals surface area (Å²) in [5, 5.41) is 3.31. The highest BCUT2D eigenvalue weighted by molar-refractivity contribution is 7.89. The van der Waals surface area contributed by atoms with Crippen molar-refractivity contribution in [3.8, 4) is 0 Å². The summed E-state index contributed by atoms with van der Waals surface area (Å²) in [6, 6.07) is 6.89. The Hall–Kier alpha value is -1.64. The van der Waals surface area contributed by atoms with Crippen LogP contribution in [0.5, 0.6) is 0 Å². The van der Waals surface area contributed by atoms with Gasteiger partial charge in [-0.2, -0.15) is 0 Å². The van der Waals surface area contributed by atoms with Crippen LogP contribution in [0.3, 0.4) is 0 Å². The second-order valence-corrected chi connectivity index (χ2v) is 7.70. The highest BCUT2D eigenvalue weighted by Crippen LogP contribution is 2.17. The van der Waals surface area contributed by atoms with Crippen molar-refractivity contribution < 1.29 is 13.2 Å². The van der Waals surface area contributed by atoms with Gasteiger partial charge >= 0.3 is 0 Å². The van der Waals surface area contributed by atoms with Gasteiger partial charge in [0, 0.05) is 39.7 Å². The fourth-order valence-corrected chi connectivity index (χ4v) is 3.65. The molecule has 2 N–H and O–H groups in total. The normalized spacial score (nSPS) is 18.9. The molecule has 0 spiro atoms. The van der Waals surface area contributed by atoms with Crippen molar-refractivity contribution in [3.05, 3.63) is 29.8 Å². The van der Waals surface area contributed by atoms with Crippen LogP contribution in [0.15, 0.2) is 34.2 Å². The molecule has 8 heteroatoms. The number of hydrogen-bond donors (Lipinski definition) is 2. The van der Waals surface area contributed by atoms with Gasteiger partial charge in [-0.15, -0.1) is 0 Å². The lowest BCUT2D eigenvalue weighted by Crippen LogP contribution is -2.39. The third-order valence-corrected chi connectivity index (χ3v) is 5.54. The van der Waals surface area contributed by atoms with Crippen LogP contribution >= 0.6 is 0 Å². The molecule has 134 valence electrons. The Bertz CT molecular complexity index is 676. The predicted octanol–water partition coefficient (Wildman–Crippen LogP) is 0.638. The van der Waals surface area contributed by atoms with E-state index in [1.807, 2.05) is 6.07 Å². The summed E-state index contributed by atoms with van der Waals surface area (Å²) in [6.45, 7) is 3.15. The van der Waals surface area contributed by atoms with Crippen LogP contribution in [-0.2, 0) is 21.3 Å². The monoisotopic (exact) mass is 354 g/mol. The molecule has 1 heterocycles. The maximum atomic E-state index is 11.9. The molecule has 0 radical (unpaired) electrons. The van der Waals surface area contributed by atoms with E-state index in [0.29, 0.717) is 12.5 Å². The van der Waals surface area contributed by atoms with E-state index in [1.54, 1.807) is 32.4 Å². The first-order valence-electron chi connectivity index (χ1n) is 7.97. The standard InChI is InChI=1S/C16H26N4O3S/c1-17-16(20-8-7-14(11-20)12-23-3)19-10-13-5-4-6-15(9-13)24(21,22)18-2/h4-6,9,14,18H,7-8,10-12H2,1-3H3,(H,17,19). The fraction of sp³-hybridized carbons (Fsp3) is 0.562. The van der Waals surface area contributed by atoms with E-state index in [2.05, 4.69) is 19.9 Å². The fourth-order valence-electron chi connectivity index (χ4n) is 2.85. The Labute approximate surface area is 144 Å². The van der Waals surface area contributed by atoms with Gasteiger partial charge in [0.25, 0.3) is 0 Å².